The van der Waals surface area contributed by atoms with Crippen LogP contribution >= 0.6 is 0 Å². The van der Waals surface area contributed by atoms with Gasteiger partial charge in [0.1, 0.15) is 0 Å². The minimum atomic E-state index is 0.00868. The number of rotatable bonds is 0. The predicted octanol–water partition coefficient (Wildman–Crippen LogP) is 1.38. The van der Waals surface area contributed by atoms with Gasteiger partial charge >= 0.3 is 0 Å². The summed E-state index contributed by atoms with van der Waals surface area (Å²) in [7, 11) is 1.13. The average Bonchev–Trinajstić information content (AvgIpc) is 1.86. The lowest BCUT2D eigenvalue weighted by Crippen LogP contribution is -2.16. The van der Waals surface area contributed by atoms with Gasteiger partial charge in [0.2, 0.25) is 0 Å². The fourth-order valence-corrected chi connectivity index (χ4v) is 0.150. The van der Waals surface area contributed by atoms with Gasteiger partial charge in [-0.3, -0.25) is 0 Å². The molecule has 0 rings (SSSR count). The van der Waals surface area contributed by atoms with Gasteiger partial charge in [0.05, 0.1) is 5.71 Å². The Balaban J connectivity index is 0. The zero-order valence-corrected chi connectivity index (χ0v) is 10.2. The maximum absolute atomic E-state index is 8.26. The van der Waals surface area contributed by atoms with E-state index in [4.69, 9.17) is 5.21 Å². The molecule has 11 heavy (non-hydrogen) atoms. The smallest absolute Gasteiger partial charge is 0.0593 e. The summed E-state index contributed by atoms with van der Waals surface area (Å²) in [5, 5.41) is 11.3. The maximum atomic E-state index is 8.26. The summed E-state index contributed by atoms with van der Waals surface area (Å²) in [5.41, 5.74) is 2.66. The van der Waals surface area contributed by atoms with Crippen molar-refractivity contribution < 1.29 is 5.21 Å². The highest BCUT2D eigenvalue weighted by Crippen LogP contribution is 2.14. The molecule has 0 aromatic carbocycles. The van der Waals surface area contributed by atoms with Crippen molar-refractivity contribution in [1.29, 1.82) is 0 Å². The Morgan fingerprint density at radius 3 is 1.82 bits per heavy atom. The van der Waals surface area contributed by atoms with Crippen molar-refractivity contribution in [3.63, 3.8) is 0 Å². The Labute approximate surface area is 72.4 Å². The van der Waals surface area contributed by atoms with Gasteiger partial charge in [-0.05, 0) is 6.92 Å². The fraction of sp³-hybridized carbons (Fsp3) is 0.625. The molecule has 3 heteroatoms. The third-order valence-electron chi connectivity index (χ3n) is 1.24. The van der Waals surface area contributed by atoms with Crippen molar-refractivity contribution in [2.75, 3.05) is 0 Å². The Morgan fingerprint density at radius 2 is 1.82 bits per heavy atom. The average molecular weight is 173 g/mol. The van der Waals surface area contributed by atoms with E-state index in [2.05, 4.69) is 11.7 Å². The number of nitrogens with zero attached hydrogens (tertiary/aromatic N) is 1. The number of oxime groups is 1. The summed E-state index contributed by atoms with van der Waals surface area (Å²) < 4.78 is 0. The molecule has 0 atom stereocenters. The van der Waals surface area contributed by atoms with Crippen LogP contribution in [-0.4, -0.2) is 21.2 Å². The Bertz CT molecular complexity index is 136. The van der Waals surface area contributed by atoms with Crippen LogP contribution < -0.4 is 0 Å². The molecule has 0 aliphatic carbocycles. The summed E-state index contributed by atoms with van der Waals surface area (Å²) >= 11 is 0. The van der Waals surface area contributed by atoms with Gasteiger partial charge in [-0.2, -0.15) is 0 Å². The van der Waals surface area contributed by atoms with Crippen LogP contribution in [-0.2, 0) is 0 Å². The molecule has 0 heterocycles. The lowest BCUT2D eigenvalue weighted by Gasteiger charge is -2.15. The van der Waals surface area contributed by atoms with Gasteiger partial charge in [0, 0.05) is 15.7 Å². The SMILES string of the molecule is C=C[SiH3].CC(=NO)C(C)(C)C. The molecule has 1 N–H and O–H groups in total. The molecule has 0 aliphatic heterocycles. The van der Waals surface area contributed by atoms with Gasteiger partial charge in [-0.25, -0.2) is 0 Å². The van der Waals surface area contributed by atoms with Gasteiger partial charge in [0.25, 0.3) is 0 Å². The Hall–Kier alpha value is -0.573. The van der Waals surface area contributed by atoms with Crippen molar-refractivity contribution in [3.05, 3.63) is 12.3 Å². The molecule has 2 nitrogen and oxygen atoms in total. The summed E-state index contributed by atoms with van der Waals surface area (Å²) in [6, 6.07) is 0. The van der Waals surface area contributed by atoms with Crippen molar-refractivity contribution in [3.8, 4) is 0 Å². The summed E-state index contributed by atoms with van der Waals surface area (Å²) in [4.78, 5) is 0. The van der Waals surface area contributed by atoms with Crippen LogP contribution in [0.5, 0.6) is 0 Å². The van der Waals surface area contributed by atoms with E-state index in [-0.39, 0.29) is 5.41 Å². The van der Waals surface area contributed by atoms with Gasteiger partial charge < -0.3 is 5.21 Å². The Kier molecular flexibility index (Phi) is 7.30. The molecule has 0 bridgehead atoms. The van der Waals surface area contributed by atoms with E-state index < -0.39 is 0 Å². The van der Waals surface area contributed by atoms with E-state index in [1.54, 1.807) is 6.92 Å². The molecule has 0 fully saturated rings. The van der Waals surface area contributed by atoms with E-state index in [0.717, 1.165) is 16.0 Å². The minimum Gasteiger partial charge on any atom is -0.411 e. The second-order valence-corrected chi connectivity index (χ2v) is 4.16. The summed E-state index contributed by atoms with van der Waals surface area (Å²) in [6.45, 7) is 11.2. The molecule has 0 spiro atoms. The topological polar surface area (TPSA) is 32.6 Å². The van der Waals surface area contributed by atoms with Crippen LogP contribution in [0.25, 0.3) is 0 Å². The molecule has 0 amide bonds. The van der Waals surface area contributed by atoms with Crippen LogP contribution in [0.3, 0.4) is 0 Å². The first-order valence-electron chi connectivity index (χ1n) is 3.66. The zero-order valence-electron chi connectivity index (χ0n) is 8.18. The first-order chi connectivity index (χ1) is 4.90. The van der Waals surface area contributed by atoms with Gasteiger partial charge in [-0.1, -0.05) is 25.9 Å². The molecule has 0 aliphatic rings. The van der Waals surface area contributed by atoms with Crippen LogP contribution in [0.1, 0.15) is 27.7 Å². The number of hydrogen-bond acceptors (Lipinski definition) is 2. The molecule has 0 radical (unpaired) electrons. The van der Waals surface area contributed by atoms with Gasteiger partial charge in [0.15, 0.2) is 0 Å². The van der Waals surface area contributed by atoms with Crippen LogP contribution in [0, 0.1) is 5.41 Å². The standard InChI is InChI=1S/C6H13NO.C2H6Si/c1-5(7-8)6(2,3)4;1-2-3/h8H,1-4H3;2H,1H2,3H3. The zero-order chi connectivity index (χ0) is 9.49. The third kappa shape index (κ3) is 9.43. The normalized spacial score (nSPS) is 11.8. The second-order valence-electron chi connectivity index (χ2n) is 3.34. The summed E-state index contributed by atoms with van der Waals surface area (Å²) in [6.07, 6.45) is 0. The molecule has 0 unspecified atom stereocenters. The van der Waals surface area contributed by atoms with Crippen LogP contribution in [0.15, 0.2) is 17.4 Å². The molecular weight excluding hydrogens is 154 g/mol. The monoisotopic (exact) mass is 173 g/mol. The van der Waals surface area contributed by atoms with Gasteiger partial charge in [-0.15, -0.1) is 12.3 Å². The first kappa shape index (κ1) is 13.0. The molecule has 0 aromatic rings. The van der Waals surface area contributed by atoms with E-state index in [1.165, 1.54) is 0 Å². The predicted molar refractivity (Wildman–Crippen MR) is 54.5 cm³/mol. The lowest BCUT2D eigenvalue weighted by atomic mass is 9.91. The third-order valence-corrected chi connectivity index (χ3v) is 1.24. The highest BCUT2D eigenvalue weighted by Gasteiger charge is 2.13. The second kappa shape index (κ2) is 6.16. The molecule has 66 valence electrons. The molecular formula is C8H19NOSi. The fourth-order valence-electron chi connectivity index (χ4n) is 0.150. The van der Waals surface area contributed by atoms with E-state index in [1.807, 2.05) is 26.5 Å². The van der Waals surface area contributed by atoms with Crippen molar-refractivity contribution >= 4 is 16.0 Å². The van der Waals surface area contributed by atoms with Crippen molar-refractivity contribution in [1.82, 2.24) is 0 Å². The largest absolute Gasteiger partial charge is 0.411 e. The maximum Gasteiger partial charge on any atom is 0.0593 e. The minimum absolute atomic E-state index is 0.00868. The van der Waals surface area contributed by atoms with Crippen molar-refractivity contribution in [2.45, 2.75) is 27.7 Å². The van der Waals surface area contributed by atoms with E-state index in [0.29, 0.717) is 0 Å². The molecule has 0 saturated heterocycles. The summed E-state index contributed by atoms with van der Waals surface area (Å²) in [5.74, 6) is 0. The van der Waals surface area contributed by atoms with Crippen LogP contribution in [0.2, 0.25) is 0 Å². The highest BCUT2D eigenvalue weighted by molar-refractivity contribution is 6.16. The lowest BCUT2D eigenvalue weighted by molar-refractivity contribution is 0.310. The quantitative estimate of drug-likeness (QED) is 0.255. The highest BCUT2D eigenvalue weighted by atomic mass is 28.1. The van der Waals surface area contributed by atoms with E-state index >= 15 is 0 Å². The van der Waals surface area contributed by atoms with Crippen molar-refractivity contribution in [2.24, 2.45) is 10.6 Å². The van der Waals surface area contributed by atoms with E-state index in [9.17, 15) is 0 Å². The van der Waals surface area contributed by atoms with Crippen LogP contribution in [0.4, 0.5) is 0 Å². The molecule has 0 aromatic heterocycles. The number of hydrogen-bond donors (Lipinski definition) is 1. The first-order valence-corrected chi connectivity index (χ1v) is 4.81. The molecule has 0 saturated carbocycles. The Morgan fingerprint density at radius 1 is 1.55 bits per heavy atom.